The van der Waals surface area contributed by atoms with Gasteiger partial charge >= 0.3 is 0 Å². The Balaban J connectivity index is 1.12. The molecule has 0 aromatic heterocycles. The van der Waals surface area contributed by atoms with Crippen LogP contribution in [0.5, 0.6) is 0 Å². The van der Waals surface area contributed by atoms with E-state index in [2.05, 4.69) is 23.8 Å². The molecule has 4 heterocycles. The summed E-state index contributed by atoms with van der Waals surface area (Å²) in [6.07, 6.45) is 2.84. The van der Waals surface area contributed by atoms with Crippen molar-refractivity contribution in [3.63, 3.8) is 0 Å². The van der Waals surface area contributed by atoms with E-state index in [0.29, 0.717) is 24.2 Å². The SMILES string of the molecule is C=C1CC2(NC1=O)C(=O)N(CCCCCN1C(=O)C3(CC(=C)C(=O)N3)c3ccccc31)c1ccccc12. The van der Waals surface area contributed by atoms with Crippen molar-refractivity contribution in [3.8, 4) is 0 Å². The highest BCUT2D eigenvalue weighted by Crippen LogP contribution is 2.47. The Labute approximate surface area is 215 Å². The topological polar surface area (TPSA) is 98.8 Å². The average molecular weight is 497 g/mol. The lowest BCUT2D eigenvalue weighted by atomic mass is 9.89. The highest BCUT2D eigenvalue weighted by molar-refractivity contribution is 6.14. The number of carbonyl (C=O) groups excluding carboxylic acids is 4. The van der Waals surface area contributed by atoms with Gasteiger partial charge in [-0.05, 0) is 31.4 Å². The summed E-state index contributed by atoms with van der Waals surface area (Å²) in [5, 5.41) is 5.78. The molecule has 2 atom stereocenters. The van der Waals surface area contributed by atoms with E-state index in [-0.39, 0.29) is 36.5 Å². The predicted octanol–water partition coefficient (Wildman–Crippen LogP) is 2.79. The second kappa shape index (κ2) is 8.16. The van der Waals surface area contributed by atoms with Gasteiger partial charge in [-0.15, -0.1) is 0 Å². The minimum absolute atomic E-state index is 0.122. The maximum Gasteiger partial charge on any atom is 0.257 e. The number of para-hydroxylation sites is 2. The Morgan fingerprint density at radius 1 is 0.649 bits per heavy atom. The van der Waals surface area contributed by atoms with E-state index in [1.54, 1.807) is 9.80 Å². The maximum atomic E-state index is 13.5. The molecule has 0 saturated carbocycles. The summed E-state index contributed by atoms with van der Waals surface area (Å²) < 4.78 is 0. The number of rotatable bonds is 6. The molecular weight excluding hydrogens is 468 g/mol. The predicted molar refractivity (Wildman–Crippen MR) is 139 cm³/mol. The molecule has 8 heteroatoms. The summed E-state index contributed by atoms with van der Waals surface area (Å²) in [6.45, 7) is 8.69. The third-order valence-corrected chi connectivity index (χ3v) is 8.05. The van der Waals surface area contributed by atoms with E-state index in [1.807, 2.05) is 48.5 Å². The summed E-state index contributed by atoms with van der Waals surface area (Å²) in [6, 6.07) is 15.2. The number of carbonyl (C=O) groups is 4. The van der Waals surface area contributed by atoms with Crippen LogP contribution in [0.3, 0.4) is 0 Å². The fraction of sp³-hybridized carbons (Fsp3) is 0.310. The van der Waals surface area contributed by atoms with Gasteiger partial charge in [0.1, 0.15) is 0 Å². The standard InChI is InChI=1S/C29H28N4O4/c1-18-16-28(30-24(18)34)20-10-4-6-12-22(20)32(26(28)36)14-8-3-9-15-33-23-13-7-5-11-21(23)29(27(33)37)17-19(2)25(35)31-29/h4-7,10-13H,1-3,8-9,14-17H2,(H,30,34)(H,31,35). The summed E-state index contributed by atoms with van der Waals surface area (Å²) in [7, 11) is 0. The van der Waals surface area contributed by atoms with Gasteiger partial charge in [0.05, 0.1) is 0 Å². The first-order valence-corrected chi connectivity index (χ1v) is 12.6. The molecule has 0 aliphatic carbocycles. The molecule has 4 amide bonds. The fourth-order valence-electron chi connectivity index (χ4n) is 6.25. The monoisotopic (exact) mass is 496 g/mol. The normalized spacial score (nSPS) is 25.9. The lowest BCUT2D eigenvalue weighted by Gasteiger charge is -2.24. The molecule has 8 nitrogen and oxygen atoms in total. The summed E-state index contributed by atoms with van der Waals surface area (Å²) >= 11 is 0. The highest BCUT2D eigenvalue weighted by Gasteiger charge is 2.56. The molecular formula is C29H28N4O4. The Kier molecular flexibility index (Phi) is 5.12. The first-order chi connectivity index (χ1) is 17.8. The van der Waals surface area contributed by atoms with E-state index >= 15 is 0 Å². The Morgan fingerprint density at radius 3 is 1.43 bits per heavy atom. The first-order valence-electron chi connectivity index (χ1n) is 12.6. The van der Waals surface area contributed by atoms with Crippen LogP contribution >= 0.6 is 0 Å². The quantitative estimate of drug-likeness (QED) is 0.475. The number of amides is 4. The first kappa shape index (κ1) is 23.2. The van der Waals surface area contributed by atoms with Gasteiger partial charge in [-0.3, -0.25) is 19.2 Å². The molecule has 2 aromatic carbocycles. The van der Waals surface area contributed by atoms with E-state index < -0.39 is 11.1 Å². The van der Waals surface area contributed by atoms with Crippen LogP contribution in [0.25, 0.3) is 0 Å². The van der Waals surface area contributed by atoms with Crippen LogP contribution in [0.1, 0.15) is 43.2 Å². The van der Waals surface area contributed by atoms with Gasteiger partial charge in [-0.25, -0.2) is 0 Å². The second-order valence-corrected chi connectivity index (χ2v) is 10.3. The van der Waals surface area contributed by atoms with E-state index in [1.165, 1.54) is 0 Å². The minimum atomic E-state index is -1.06. The van der Waals surface area contributed by atoms with Gasteiger partial charge in [-0.2, -0.15) is 0 Å². The maximum absolute atomic E-state index is 13.5. The van der Waals surface area contributed by atoms with Crippen molar-refractivity contribution in [3.05, 3.63) is 84.0 Å². The smallest absolute Gasteiger partial charge is 0.257 e. The zero-order valence-electron chi connectivity index (χ0n) is 20.5. The van der Waals surface area contributed by atoms with Crippen molar-refractivity contribution in [1.29, 1.82) is 0 Å². The number of fused-ring (bicyclic) bond motifs is 4. The summed E-state index contributed by atoms with van der Waals surface area (Å²) in [4.78, 5) is 55.0. The van der Waals surface area contributed by atoms with Crippen LogP contribution in [-0.2, 0) is 30.3 Å². The van der Waals surface area contributed by atoms with Crippen molar-refractivity contribution in [2.75, 3.05) is 22.9 Å². The third-order valence-electron chi connectivity index (χ3n) is 8.05. The number of benzene rings is 2. The zero-order chi connectivity index (χ0) is 25.9. The molecule has 0 radical (unpaired) electrons. The molecule has 4 aliphatic rings. The number of hydrogen-bond donors (Lipinski definition) is 2. The molecule has 2 unspecified atom stereocenters. The van der Waals surface area contributed by atoms with Gasteiger partial charge in [0.25, 0.3) is 11.8 Å². The van der Waals surface area contributed by atoms with Crippen molar-refractivity contribution < 1.29 is 19.2 Å². The Bertz CT molecular complexity index is 1270. The molecule has 0 bridgehead atoms. The van der Waals surface area contributed by atoms with Gasteiger partial charge < -0.3 is 20.4 Å². The average Bonchev–Trinajstić information content (AvgIpc) is 3.52. The fourth-order valence-corrected chi connectivity index (χ4v) is 6.25. The minimum Gasteiger partial charge on any atom is -0.334 e. The van der Waals surface area contributed by atoms with Crippen LogP contribution in [0.2, 0.25) is 0 Å². The van der Waals surface area contributed by atoms with Gasteiger partial charge in [0.2, 0.25) is 11.8 Å². The number of nitrogens with zero attached hydrogens (tertiary/aromatic N) is 2. The third kappa shape index (κ3) is 3.21. The van der Waals surface area contributed by atoms with Gasteiger partial charge in [0.15, 0.2) is 11.1 Å². The van der Waals surface area contributed by atoms with Crippen LogP contribution in [-0.4, -0.2) is 36.7 Å². The zero-order valence-corrected chi connectivity index (χ0v) is 20.5. The lowest BCUT2D eigenvalue weighted by molar-refractivity contribution is -0.127. The Hall–Kier alpha value is -4.20. The number of hydrogen-bond acceptors (Lipinski definition) is 4. The Morgan fingerprint density at radius 2 is 1.05 bits per heavy atom. The summed E-state index contributed by atoms with van der Waals surface area (Å²) in [5.41, 5.74) is 2.01. The van der Waals surface area contributed by atoms with Crippen LogP contribution < -0.4 is 20.4 Å². The number of unbranched alkanes of at least 4 members (excludes halogenated alkanes) is 2. The number of nitrogens with one attached hydrogen (secondary N) is 2. The van der Waals surface area contributed by atoms with Gasteiger partial charge in [-0.1, -0.05) is 49.6 Å². The second-order valence-electron chi connectivity index (χ2n) is 10.3. The van der Waals surface area contributed by atoms with E-state index in [0.717, 1.165) is 41.8 Å². The number of anilines is 2. The van der Waals surface area contributed by atoms with Crippen molar-refractivity contribution in [2.45, 2.75) is 43.2 Å². The van der Waals surface area contributed by atoms with E-state index in [9.17, 15) is 19.2 Å². The molecule has 188 valence electrons. The lowest BCUT2D eigenvalue weighted by Crippen LogP contribution is -2.48. The molecule has 6 rings (SSSR count). The largest absolute Gasteiger partial charge is 0.334 e. The van der Waals surface area contributed by atoms with Crippen molar-refractivity contribution >= 4 is 35.0 Å². The van der Waals surface area contributed by atoms with E-state index in [4.69, 9.17) is 0 Å². The van der Waals surface area contributed by atoms with Crippen LogP contribution in [0.15, 0.2) is 72.8 Å². The molecule has 4 aliphatic heterocycles. The highest BCUT2D eigenvalue weighted by atomic mass is 16.2. The van der Waals surface area contributed by atoms with Crippen molar-refractivity contribution in [1.82, 2.24) is 10.6 Å². The molecule has 2 saturated heterocycles. The molecule has 2 aromatic rings. The molecule has 37 heavy (non-hydrogen) atoms. The van der Waals surface area contributed by atoms with Crippen LogP contribution in [0.4, 0.5) is 11.4 Å². The van der Waals surface area contributed by atoms with Crippen LogP contribution in [0, 0.1) is 0 Å². The van der Waals surface area contributed by atoms with Crippen molar-refractivity contribution in [2.24, 2.45) is 0 Å². The molecule has 2 fully saturated rings. The summed E-state index contributed by atoms with van der Waals surface area (Å²) in [5.74, 6) is -0.798. The molecule has 2 N–H and O–H groups in total. The molecule has 2 spiro atoms. The van der Waals surface area contributed by atoms with Gasteiger partial charge in [0, 0.05) is 59.6 Å².